The maximum absolute atomic E-state index is 16.5. The first kappa shape index (κ1) is 24.7. The maximum atomic E-state index is 16.5. The summed E-state index contributed by atoms with van der Waals surface area (Å²) in [6.07, 6.45) is 3.96. The van der Waals surface area contributed by atoms with Crippen LogP contribution in [0.15, 0.2) is 42.5 Å². The number of hydrogen-bond acceptors (Lipinski definition) is 5. The number of anilines is 1. The van der Waals surface area contributed by atoms with Crippen LogP contribution in [-0.4, -0.2) is 37.7 Å². The largest absolute Gasteiger partial charge is 0.486 e. The lowest BCUT2D eigenvalue weighted by molar-refractivity contribution is 0.0539. The lowest BCUT2D eigenvalue weighted by Crippen LogP contribution is -2.48. The normalized spacial score (nSPS) is 24.2. The van der Waals surface area contributed by atoms with E-state index in [0.29, 0.717) is 24.3 Å². The number of hydrogen-bond donors (Lipinski definition) is 2. The number of rotatable bonds is 4. The van der Waals surface area contributed by atoms with E-state index in [1.165, 1.54) is 6.07 Å². The Balaban J connectivity index is 1.45. The van der Waals surface area contributed by atoms with Gasteiger partial charge in [-0.3, -0.25) is 4.79 Å². The van der Waals surface area contributed by atoms with E-state index >= 15 is 8.78 Å². The van der Waals surface area contributed by atoms with E-state index in [9.17, 15) is 4.79 Å². The molecule has 0 unspecified atom stereocenters. The highest BCUT2D eigenvalue weighted by Crippen LogP contribution is 2.55. The van der Waals surface area contributed by atoms with Crippen LogP contribution < -0.4 is 25.4 Å². The Hall–Kier alpha value is -3.36. The van der Waals surface area contributed by atoms with Gasteiger partial charge in [0.15, 0.2) is 17.2 Å². The van der Waals surface area contributed by atoms with Crippen LogP contribution in [-0.2, 0) is 12.0 Å². The molecule has 0 bridgehead atoms. The number of benzene rings is 3. The molecule has 2 fully saturated rings. The van der Waals surface area contributed by atoms with Gasteiger partial charge in [-0.05, 0) is 43.9 Å². The van der Waals surface area contributed by atoms with Gasteiger partial charge in [0.05, 0.1) is 27.9 Å². The summed E-state index contributed by atoms with van der Waals surface area (Å²) in [4.78, 5) is 14.7. The highest BCUT2D eigenvalue weighted by Gasteiger charge is 2.53. The van der Waals surface area contributed by atoms with Crippen molar-refractivity contribution in [2.75, 3.05) is 25.1 Å². The Morgan fingerprint density at radius 2 is 1.95 bits per heavy atom. The second-order valence-corrected chi connectivity index (χ2v) is 11.5. The molecule has 3 heterocycles. The topological polar surface area (TPSA) is 76.8 Å². The van der Waals surface area contributed by atoms with Crippen LogP contribution in [0.4, 0.5) is 14.5 Å². The molecule has 3 N–H and O–H groups in total. The van der Waals surface area contributed by atoms with E-state index in [2.05, 4.69) is 5.32 Å². The Labute approximate surface area is 230 Å². The molecule has 3 aromatic carbocycles. The van der Waals surface area contributed by atoms with Crippen molar-refractivity contribution in [3.63, 3.8) is 0 Å². The van der Waals surface area contributed by atoms with E-state index in [1.807, 2.05) is 42.3 Å². The van der Waals surface area contributed by atoms with Crippen LogP contribution in [0.25, 0.3) is 11.1 Å². The molecule has 3 aliphatic heterocycles. The van der Waals surface area contributed by atoms with Gasteiger partial charge in [-0.1, -0.05) is 41.9 Å². The molecule has 39 heavy (non-hydrogen) atoms. The lowest BCUT2D eigenvalue weighted by Gasteiger charge is -2.37. The van der Waals surface area contributed by atoms with E-state index in [0.717, 1.165) is 37.8 Å². The first-order chi connectivity index (χ1) is 18.8. The maximum Gasteiger partial charge on any atom is 0.249 e. The fourth-order valence-electron chi connectivity index (χ4n) is 6.65. The van der Waals surface area contributed by atoms with Crippen LogP contribution in [0.5, 0.6) is 11.5 Å². The molecule has 2 atom stereocenters. The Kier molecular flexibility index (Phi) is 5.42. The van der Waals surface area contributed by atoms with Crippen LogP contribution in [0, 0.1) is 11.6 Å². The standard InChI is InChI=1S/C30H28ClF2N3O3/c1-36-20-12-17(28(34)37)24(26(33)27(20)38-15-29(36)9-10-29)23-18-14-30(22-8-5-11-35-22,16-6-3-2-4-7-16)39-21(18)13-19(32)25(23)31/h2-4,6-7,12-13,22,35H,5,8-11,14-15H2,1H3,(H2,34,37)/t22-,30-/m0/s1. The van der Waals surface area contributed by atoms with E-state index in [-0.39, 0.29) is 44.8 Å². The Morgan fingerprint density at radius 1 is 1.18 bits per heavy atom. The number of fused-ring (bicyclic) bond motifs is 2. The summed E-state index contributed by atoms with van der Waals surface area (Å²) in [6, 6.07) is 12.5. The highest BCUT2D eigenvalue weighted by molar-refractivity contribution is 6.34. The molecule has 1 aliphatic carbocycles. The minimum Gasteiger partial charge on any atom is -0.486 e. The van der Waals surface area contributed by atoms with Crippen LogP contribution in [0.3, 0.4) is 0 Å². The summed E-state index contributed by atoms with van der Waals surface area (Å²) < 4.78 is 44.5. The fourth-order valence-corrected chi connectivity index (χ4v) is 6.91. The first-order valence-electron chi connectivity index (χ1n) is 13.3. The predicted molar refractivity (Wildman–Crippen MR) is 145 cm³/mol. The number of halogens is 3. The van der Waals surface area contributed by atoms with Crippen molar-refractivity contribution < 1.29 is 23.0 Å². The van der Waals surface area contributed by atoms with Crippen molar-refractivity contribution in [3.8, 4) is 22.6 Å². The number of likely N-dealkylation sites (N-methyl/N-ethyl adjacent to an activating group) is 1. The van der Waals surface area contributed by atoms with Crippen LogP contribution in [0.1, 0.15) is 47.2 Å². The van der Waals surface area contributed by atoms with Crippen molar-refractivity contribution in [2.45, 2.75) is 49.3 Å². The van der Waals surface area contributed by atoms with E-state index < -0.39 is 23.1 Å². The monoisotopic (exact) mass is 551 g/mol. The summed E-state index contributed by atoms with van der Waals surface area (Å²) in [5.41, 5.74) is 6.49. The second-order valence-electron chi connectivity index (χ2n) is 11.1. The third kappa shape index (κ3) is 3.50. The molecular formula is C30H28ClF2N3O3. The molecule has 9 heteroatoms. The van der Waals surface area contributed by atoms with Gasteiger partial charge < -0.3 is 25.4 Å². The number of carbonyl (C=O) groups is 1. The van der Waals surface area contributed by atoms with Gasteiger partial charge in [0.2, 0.25) is 5.91 Å². The zero-order valence-corrected chi connectivity index (χ0v) is 22.2. The zero-order valence-electron chi connectivity index (χ0n) is 21.5. The average Bonchev–Trinajstić information content (AvgIpc) is 3.31. The molecule has 1 spiro atoms. The highest BCUT2D eigenvalue weighted by atomic mass is 35.5. The Bertz CT molecular complexity index is 1520. The molecule has 1 amide bonds. The summed E-state index contributed by atoms with van der Waals surface area (Å²) in [7, 11) is 1.86. The molecule has 3 aromatic rings. The van der Waals surface area contributed by atoms with Crippen molar-refractivity contribution in [2.24, 2.45) is 5.73 Å². The molecular weight excluding hydrogens is 524 g/mol. The van der Waals surface area contributed by atoms with E-state index in [4.69, 9.17) is 26.8 Å². The predicted octanol–water partition coefficient (Wildman–Crippen LogP) is 5.33. The minimum absolute atomic E-state index is 0.00907. The van der Waals surface area contributed by atoms with E-state index in [1.54, 1.807) is 6.07 Å². The fraction of sp³-hybridized carbons (Fsp3) is 0.367. The third-order valence-electron chi connectivity index (χ3n) is 9.01. The van der Waals surface area contributed by atoms with Gasteiger partial charge in [-0.15, -0.1) is 0 Å². The van der Waals surface area contributed by atoms with Gasteiger partial charge in [0, 0.05) is 36.2 Å². The number of ether oxygens (including phenoxy) is 2. The number of primary amides is 1. The molecule has 4 aliphatic rings. The number of carbonyl (C=O) groups excluding carboxylic acids is 1. The number of nitrogens with zero attached hydrogens (tertiary/aromatic N) is 1. The summed E-state index contributed by atoms with van der Waals surface area (Å²) in [5, 5.41) is 3.25. The Morgan fingerprint density at radius 3 is 2.62 bits per heavy atom. The quantitative estimate of drug-likeness (QED) is 0.458. The molecule has 1 saturated heterocycles. The van der Waals surface area contributed by atoms with Crippen LogP contribution >= 0.6 is 11.6 Å². The van der Waals surface area contributed by atoms with Crippen LogP contribution in [0.2, 0.25) is 5.02 Å². The SMILES string of the molecule is CN1c2cc(C(N)=O)c(-c3c(Cl)c(F)cc4c3C[C@](c3ccccc3)([C@@H]3CCCN3)O4)c(F)c2OCC12CC2. The molecule has 1 saturated carbocycles. The van der Waals surface area contributed by atoms with Gasteiger partial charge >= 0.3 is 0 Å². The summed E-state index contributed by atoms with van der Waals surface area (Å²) in [5.74, 6) is -2.11. The number of nitrogens with one attached hydrogen (secondary N) is 1. The van der Waals surface area contributed by atoms with Gasteiger partial charge in [0.25, 0.3) is 0 Å². The van der Waals surface area contributed by atoms with Gasteiger partial charge in [-0.2, -0.15) is 0 Å². The minimum atomic E-state index is -0.862. The zero-order chi connectivity index (χ0) is 27.1. The smallest absolute Gasteiger partial charge is 0.249 e. The molecule has 7 rings (SSSR count). The first-order valence-corrected chi connectivity index (χ1v) is 13.7. The second kappa shape index (κ2) is 8.57. The molecule has 0 radical (unpaired) electrons. The number of amides is 1. The molecule has 202 valence electrons. The number of nitrogens with two attached hydrogens (primary N) is 1. The third-order valence-corrected chi connectivity index (χ3v) is 9.38. The van der Waals surface area contributed by atoms with Crippen molar-refractivity contribution in [3.05, 3.63) is 75.8 Å². The molecule has 6 nitrogen and oxygen atoms in total. The average molecular weight is 552 g/mol. The molecule has 0 aromatic heterocycles. The van der Waals surface area contributed by atoms with Gasteiger partial charge in [0.1, 0.15) is 18.2 Å². The lowest BCUT2D eigenvalue weighted by atomic mass is 9.80. The van der Waals surface area contributed by atoms with Crippen molar-refractivity contribution >= 4 is 23.2 Å². The summed E-state index contributed by atoms with van der Waals surface area (Å²) >= 11 is 6.61. The van der Waals surface area contributed by atoms with Gasteiger partial charge in [-0.25, -0.2) is 8.78 Å². The summed E-state index contributed by atoms with van der Waals surface area (Å²) in [6.45, 7) is 1.16. The van der Waals surface area contributed by atoms with Crippen molar-refractivity contribution in [1.82, 2.24) is 5.32 Å². The van der Waals surface area contributed by atoms with Crippen molar-refractivity contribution in [1.29, 1.82) is 0 Å².